The lowest BCUT2D eigenvalue weighted by molar-refractivity contribution is -0.119. The normalized spacial score (nSPS) is 14.8. The molecule has 3 rings (SSSR count). The number of hydrogen-bond donors (Lipinski definition) is 1. The van der Waals surface area contributed by atoms with Gasteiger partial charge in [0.25, 0.3) is 5.91 Å². The predicted octanol–water partition coefficient (Wildman–Crippen LogP) is 2.63. The van der Waals surface area contributed by atoms with Gasteiger partial charge >= 0.3 is 0 Å². The van der Waals surface area contributed by atoms with Gasteiger partial charge in [0.15, 0.2) is 0 Å². The van der Waals surface area contributed by atoms with E-state index in [4.69, 9.17) is 4.99 Å². The van der Waals surface area contributed by atoms with Crippen LogP contribution in [-0.2, 0) is 4.79 Å². The molecule has 0 aliphatic carbocycles. The molecule has 146 valence electrons. The third-order valence-electron chi connectivity index (χ3n) is 4.73. The lowest BCUT2D eigenvalue weighted by Gasteiger charge is -2.34. The Kier molecular flexibility index (Phi) is 6.03. The minimum absolute atomic E-state index is 0.223. The van der Waals surface area contributed by atoms with Crippen LogP contribution < -0.4 is 5.32 Å². The zero-order chi connectivity index (χ0) is 20.1. The van der Waals surface area contributed by atoms with Gasteiger partial charge in [0.1, 0.15) is 5.82 Å². The molecule has 1 fully saturated rings. The fraction of sp³-hybridized carbons (Fsp3) is 0.286. The maximum absolute atomic E-state index is 13.5. The summed E-state index contributed by atoms with van der Waals surface area (Å²) in [5.74, 6) is -0.500. The van der Waals surface area contributed by atoms with Crippen LogP contribution in [0, 0.1) is 19.7 Å². The summed E-state index contributed by atoms with van der Waals surface area (Å²) in [6.07, 6.45) is 0.824. The van der Waals surface area contributed by atoms with E-state index in [-0.39, 0.29) is 5.56 Å². The largest absolute Gasteiger partial charge is 0.342 e. The first kappa shape index (κ1) is 19.5. The number of nitrogens with one attached hydrogen (secondary N) is 1. The smallest absolute Gasteiger partial charge is 0.258 e. The molecule has 0 atom stereocenters. The second-order valence-electron chi connectivity index (χ2n) is 6.77. The Bertz CT molecular complexity index is 885. The summed E-state index contributed by atoms with van der Waals surface area (Å²) in [5, 5.41) is 2.83. The molecule has 1 N–H and O–H groups in total. The minimum atomic E-state index is -0.472. The van der Waals surface area contributed by atoms with Crippen LogP contribution in [0.1, 0.15) is 21.5 Å². The van der Waals surface area contributed by atoms with Crippen molar-refractivity contribution >= 4 is 24.0 Å². The van der Waals surface area contributed by atoms with Crippen molar-refractivity contribution in [2.45, 2.75) is 13.8 Å². The summed E-state index contributed by atoms with van der Waals surface area (Å²) in [6.45, 7) is 6.11. The van der Waals surface area contributed by atoms with Crippen LogP contribution >= 0.6 is 0 Å². The molecule has 1 heterocycles. The summed E-state index contributed by atoms with van der Waals surface area (Å²) in [4.78, 5) is 32.0. The van der Waals surface area contributed by atoms with Gasteiger partial charge < -0.3 is 9.80 Å². The predicted molar refractivity (Wildman–Crippen MR) is 106 cm³/mol. The zero-order valence-electron chi connectivity index (χ0n) is 16.0. The van der Waals surface area contributed by atoms with Crippen molar-refractivity contribution in [2.75, 3.05) is 26.2 Å². The minimum Gasteiger partial charge on any atom is -0.342 e. The number of carbonyl (C=O) groups is 2. The summed E-state index contributed by atoms with van der Waals surface area (Å²) in [5.41, 5.74) is 2.99. The lowest BCUT2D eigenvalue weighted by Crippen LogP contribution is -2.53. The Morgan fingerprint density at radius 1 is 1.07 bits per heavy atom. The van der Waals surface area contributed by atoms with E-state index in [9.17, 15) is 14.0 Å². The number of aryl methyl sites for hydroxylation is 2. The van der Waals surface area contributed by atoms with E-state index < -0.39 is 11.7 Å². The second-order valence-corrected chi connectivity index (χ2v) is 6.77. The fourth-order valence-corrected chi connectivity index (χ4v) is 3.11. The molecule has 28 heavy (non-hydrogen) atoms. The van der Waals surface area contributed by atoms with Crippen molar-refractivity contribution in [1.29, 1.82) is 0 Å². The van der Waals surface area contributed by atoms with Crippen LogP contribution in [0.25, 0.3) is 0 Å². The number of nitrogens with zero attached hydrogens (tertiary/aromatic N) is 3. The van der Waals surface area contributed by atoms with Crippen LogP contribution in [-0.4, -0.2) is 54.3 Å². The molecule has 1 aliphatic heterocycles. The molecule has 0 saturated carbocycles. The van der Waals surface area contributed by atoms with Gasteiger partial charge in [-0.2, -0.15) is 0 Å². The van der Waals surface area contributed by atoms with E-state index in [1.807, 2.05) is 36.9 Å². The first-order chi connectivity index (χ1) is 13.5. The molecule has 2 amide bonds. The Morgan fingerprint density at radius 3 is 2.32 bits per heavy atom. The molecule has 7 heteroatoms. The van der Waals surface area contributed by atoms with E-state index in [2.05, 4.69) is 5.32 Å². The summed E-state index contributed by atoms with van der Waals surface area (Å²) in [6, 6.07) is 11.4. The number of carbonyl (C=O) groups excluding carboxylic acids is 2. The maximum Gasteiger partial charge on any atom is 0.258 e. The quantitative estimate of drug-likeness (QED) is 0.504. The van der Waals surface area contributed by atoms with Gasteiger partial charge in [0.2, 0.25) is 12.4 Å². The van der Waals surface area contributed by atoms with E-state index in [0.717, 1.165) is 23.2 Å². The Balaban J connectivity index is 1.91. The number of hydrogen-bond acceptors (Lipinski definition) is 3. The molecule has 1 saturated heterocycles. The number of rotatable bonds is 3. The second kappa shape index (κ2) is 8.65. The van der Waals surface area contributed by atoms with Crippen LogP contribution in [0.2, 0.25) is 0 Å². The van der Waals surface area contributed by atoms with Crippen molar-refractivity contribution < 1.29 is 14.0 Å². The molecule has 1 aliphatic rings. The highest BCUT2D eigenvalue weighted by Gasteiger charge is 2.21. The fourth-order valence-electron chi connectivity index (χ4n) is 3.11. The number of amides is 2. The first-order valence-electron chi connectivity index (χ1n) is 9.14. The highest BCUT2D eigenvalue weighted by atomic mass is 19.1. The maximum atomic E-state index is 13.5. The van der Waals surface area contributed by atoms with Gasteiger partial charge in [-0.1, -0.05) is 24.3 Å². The molecule has 2 aromatic carbocycles. The third kappa shape index (κ3) is 4.54. The number of aliphatic imine (C=N–C) groups is 1. The molecule has 0 spiro atoms. The number of guanidine groups is 1. The lowest BCUT2D eigenvalue weighted by atomic mass is 10.1. The third-order valence-corrected chi connectivity index (χ3v) is 4.73. The summed E-state index contributed by atoms with van der Waals surface area (Å²) >= 11 is 0. The number of benzene rings is 2. The molecule has 0 aromatic heterocycles. The molecule has 0 bridgehead atoms. The number of piperazine rings is 1. The van der Waals surface area contributed by atoms with E-state index in [1.54, 1.807) is 11.0 Å². The van der Waals surface area contributed by atoms with Crippen LogP contribution in [0.5, 0.6) is 0 Å². The van der Waals surface area contributed by atoms with Gasteiger partial charge in [-0.25, -0.2) is 9.38 Å². The molecular formula is C21H23FN4O2. The SMILES string of the molecule is Cc1cccc(C)c1N=C(NC(=O)c1cccc(F)c1)N1CCN(C=O)CC1. The molecule has 2 aromatic rings. The van der Waals surface area contributed by atoms with Crippen LogP contribution in [0.15, 0.2) is 47.5 Å². The first-order valence-corrected chi connectivity index (χ1v) is 9.14. The molecule has 0 radical (unpaired) electrons. The van der Waals surface area contributed by atoms with Gasteiger partial charge in [0, 0.05) is 31.7 Å². The Morgan fingerprint density at radius 2 is 1.71 bits per heavy atom. The summed E-state index contributed by atoms with van der Waals surface area (Å²) < 4.78 is 13.5. The van der Waals surface area contributed by atoms with Crippen LogP contribution in [0.3, 0.4) is 0 Å². The zero-order valence-corrected chi connectivity index (χ0v) is 16.0. The average Bonchev–Trinajstić information content (AvgIpc) is 2.70. The van der Waals surface area contributed by atoms with E-state index >= 15 is 0 Å². The summed E-state index contributed by atoms with van der Waals surface area (Å²) in [7, 11) is 0. The van der Waals surface area contributed by atoms with Crippen molar-refractivity contribution in [1.82, 2.24) is 15.1 Å². The van der Waals surface area contributed by atoms with Crippen molar-refractivity contribution in [3.05, 3.63) is 65.0 Å². The highest BCUT2D eigenvalue weighted by molar-refractivity contribution is 6.06. The van der Waals surface area contributed by atoms with E-state index in [1.165, 1.54) is 18.2 Å². The Hall–Kier alpha value is -3.22. The molecule has 0 unspecified atom stereocenters. The van der Waals surface area contributed by atoms with Gasteiger partial charge in [-0.15, -0.1) is 0 Å². The van der Waals surface area contributed by atoms with Gasteiger partial charge in [0.05, 0.1) is 5.69 Å². The number of para-hydroxylation sites is 1. The Labute approximate surface area is 163 Å². The van der Waals surface area contributed by atoms with Crippen molar-refractivity contribution in [3.8, 4) is 0 Å². The van der Waals surface area contributed by atoms with E-state index in [0.29, 0.717) is 32.1 Å². The molecular weight excluding hydrogens is 359 g/mol. The number of halogens is 1. The van der Waals surface area contributed by atoms with Gasteiger partial charge in [-0.05, 0) is 43.2 Å². The molecule has 6 nitrogen and oxygen atoms in total. The topological polar surface area (TPSA) is 65.0 Å². The standard InChI is InChI=1S/C21H23FN4O2/c1-15-5-3-6-16(2)19(15)23-21(26-11-9-25(14-27)10-12-26)24-20(28)17-7-4-8-18(22)13-17/h3-8,13-14H,9-12H2,1-2H3,(H,23,24,28). The van der Waals surface area contributed by atoms with Crippen LogP contribution in [0.4, 0.5) is 10.1 Å². The average molecular weight is 382 g/mol. The van der Waals surface area contributed by atoms with Gasteiger partial charge in [-0.3, -0.25) is 14.9 Å². The van der Waals surface area contributed by atoms with Crippen molar-refractivity contribution in [2.24, 2.45) is 4.99 Å². The highest BCUT2D eigenvalue weighted by Crippen LogP contribution is 2.23. The van der Waals surface area contributed by atoms with Crippen molar-refractivity contribution in [3.63, 3.8) is 0 Å². The monoisotopic (exact) mass is 382 g/mol.